The quantitative estimate of drug-likeness (QED) is 0.617. The second-order valence-electron chi connectivity index (χ2n) is 4.59. The molecular weight excluding hydrogens is 299 g/mol. The smallest absolute Gasteiger partial charge is 0.323 e. The van der Waals surface area contributed by atoms with Gasteiger partial charge in [0.05, 0.1) is 6.61 Å². The van der Waals surface area contributed by atoms with Gasteiger partial charge in [0.1, 0.15) is 11.8 Å². The molecule has 0 aliphatic heterocycles. The van der Waals surface area contributed by atoms with Crippen molar-refractivity contribution in [3.8, 4) is 5.75 Å². The second-order valence-corrected chi connectivity index (χ2v) is 7.19. The van der Waals surface area contributed by atoms with Crippen LogP contribution in [0.5, 0.6) is 5.75 Å². The fourth-order valence-electron chi connectivity index (χ4n) is 1.61. The van der Waals surface area contributed by atoms with Crippen LogP contribution in [0.2, 0.25) is 0 Å². The third-order valence-corrected chi connectivity index (χ3v) is 4.96. The number of nitrogens with zero attached hydrogens (tertiary/aromatic N) is 1. The molecular formula is C16H31N2O3P. The lowest BCUT2D eigenvalue weighted by atomic mass is 10.2. The third-order valence-electron chi connectivity index (χ3n) is 2.76. The number of carbonyl (C=O) groups excluding carboxylic acids is 1. The zero-order chi connectivity index (χ0) is 15.2. The number of benzene rings is 1. The van der Waals surface area contributed by atoms with Gasteiger partial charge in [-0.3, -0.25) is 9.54 Å². The van der Waals surface area contributed by atoms with Crippen LogP contribution >= 0.6 is 7.43 Å². The lowest BCUT2D eigenvalue weighted by Crippen LogP contribution is -2.34. The Morgan fingerprint density at radius 1 is 1.32 bits per heavy atom. The molecule has 22 heavy (non-hydrogen) atoms. The largest absolute Gasteiger partial charge is 0.465 e. The number of hydrogen-bond donors (Lipinski definition) is 1. The van der Waals surface area contributed by atoms with Crippen molar-refractivity contribution in [3.63, 3.8) is 0 Å². The molecule has 2 atom stereocenters. The van der Waals surface area contributed by atoms with Crippen molar-refractivity contribution in [2.75, 3.05) is 20.3 Å². The van der Waals surface area contributed by atoms with E-state index in [2.05, 4.69) is 9.83 Å². The van der Waals surface area contributed by atoms with Crippen molar-refractivity contribution < 1.29 is 14.1 Å². The molecule has 1 rings (SSSR count). The predicted molar refractivity (Wildman–Crippen MR) is 95.7 cm³/mol. The number of nitrogens with one attached hydrogen (secondary N) is 1. The maximum Gasteiger partial charge on any atom is 0.323 e. The van der Waals surface area contributed by atoms with Gasteiger partial charge in [0, 0.05) is 13.7 Å². The lowest BCUT2D eigenvalue weighted by Gasteiger charge is -2.24. The highest BCUT2D eigenvalue weighted by molar-refractivity contribution is 7.59. The van der Waals surface area contributed by atoms with Crippen LogP contribution in [0, 0.1) is 6.92 Å². The molecule has 0 bridgehead atoms. The number of hydrogen-bond acceptors (Lipinski definition) is 4. The third kappa shape index (κ3) is 7.10. The van der Waals surface area contributed by atoms with Crippen LogP contribution < -0.4 is 9.61 Å². The number of aryl methyl sites for hydroxylation is 1. The van der Waals surface area contributed by atoms with E-state index >= 15 is 0 Å². The van der Waals surface area contributed by atoms with Crippen LogP contribution in [0.15, 0.2) is 29.0 Å². The van der Waals surface area contributed by atoms with E-state index in [1.54, 1.807) is 20.9 Å². The molecule has 0 heterocycles. The Balaban J connectivity index is 0. The Bertz CT molecular complexity index is 501. The van der Waals surface area contributed by atoms with Crippen LogP contribution in [-0.2, 0) is 9.53 Å². The van der Waals surface area contributed by atoms with Crippen molar-refractivity contribution in [1.29, 1.82) is 0 Å². The first kappa shape index (κ1) is 23.0. The average Bonchev–Trinajstić information content (AvgIpc) is 2.41. The number of ether oxygens (including phenoxy) is 1. The summed E-state index contributed by atoms with van der Waals surface area (Å²) in [5.74, 6) is 0.440. The minimum Gasteiger partial charge on any atom is -0.465 e. The Morgan fingerprint density at radius 3 is 2.32 bits per heavy atom. The summed E-state index contributed by atoms with van der Waals surface area (Å²) in [6.45, 7) is 7.79. The van der Waals surface area contributed by atoms with Gasteiger partial charge in [-0.2, -0.15) is 0 Å². The predicted octanol–water partition coefficient (Wildman–Crippen LogP) is 4.48. The SMILES string of the molecule is C.C.CCOC(=O)C(C)NP(C)(=NC)Oc1ccc(C)cc1. The van der Waals surface area contributed by atoms with E-state index in [0.29, 0.717) is 6.61 Å². The molecule has 1 aromatic rings. The normalized spacial score (nSPS) is 13.7. The second kappa shape index (κ2) is 10.4. The molecule has 0 aliphatic carbocycles. The van der Waals surface area contributed by atoms with Gasteiger partial charge >= 0.3 is 5.97 Å². The molecule has 0 saturated carbocycles. The molecule has 0 amide bonds. The molecule has 5 nitrogen and oxygen atoms in total. The highest BCUT2D eigenvalue weighted by atomic mass is 31.2. The standard InChI is InChI=1S/C14H23N2O3P.2CH4/c1-6-18-14(17)12(3)16-20(5,15-4)19-13-9-7-11(2)8-10-13;;/h7-10,12,16H,6H2,1-5H3;2*1H4. The van der Waals surface area contributed by atoms with Gasteiger partial charge in [-0.05, 0) is 32.9 Å². The Hall–Kier alpha value is -1.32. The molecule has 1 aromatic carbocycles. The van der Waals surface area contributed by atoms with Crippen LogP contribution in [0.1, 0.15) is 34.3 Å². The van der Waals surface area contributed by atoms with Crippen molar-refractivity contribution >= 4 is 13.4 Å². The maximum absolute atomic E-state index is 11.7. The number of carbonyl (C=O) groups is 1. The molecule has 0 saturated heterocycles. The zero-order valence-corrected chi connectivity index (χ0v) is 13.6. The molecule has 1 N–H and O–H groups in total. The van der Waals surface area contributed by atoms with Gasteiger partial charge in [-0.1, -0.05) is 32.5 Å². The van der Waals surface area contributed by atoms with E-state index in [1.165, 1.54) is 5.56 Å². The van der Waals surface area contributed by atoms with Crippen LogP contribution in [0.4, 0.5) is 0 Å². The highest BCUT2D eigenvalue weighted by Gasteiger charge is 2.22. The van der Waals surface area contributed by atoms with Crippen LogP contribution in [0.3, 0.4) is 0 Å². The van der Waals surface area contributed by atoms with Gasteiger partial charge in [0.2, 0.25) is 0 Å². The van der Waals surface area contributed by atoms with Gasteiger partial charge in [0.25, 0.3) is 0 Å². The molecule has 6 heteroatoms. The molecule has 2 unspecified atom stereocenters. The summed E-state index contributed by atoms with van der Waals surface area (Å²) in [6.07, 6.45) is 0. The zero-order valence-electron chi connectivity index (χ0n) is 12.7. The van der Waals surface area contributed by atoms with Crippen molar-refractivity contribution in [3.05, 3.63) is 29.8 Å². The van der Waals surface area contributed by atoms with Crippen molar-refractivity contribution in [2.45, 2.75) is 41.7 Å². The summed E-state index contributed by atoms with van der Waals surface area (Å²) < 4.78 is 15.2. The summed E-state index contributed by atoms with van der Waals surface area (Å²) in [5.41, 5.74) is 1.17. The van der Waals surface area contributed by atoms with Crippen molar-refractivity contribution in [1.82, 2.24) is 5.09 Å². The van der Waals surface area contributed by atoms with Crippen molar-refractivity contribution in [2.24, 2.45) is 4.74 Å². The lowest BCUT2D eigenvalue weighted by molar-refractivity contribution is -0.144. The topological polar surface area (TPSA) is 59.9 Å². The fraction of sp³-hybridized carbons (Fsp3) is 0.562. The molecule has 0 spiro atoms. The van der Waals surface area contributed by atoms with E-state index in [1.807, 2.05) is 37.9 Å². The maximum atomic E-state index is 11.7. The van der Waals surface area contributed by atoms with Gasteiger partial charge in [-0.25, -0.2) is 5.09 Å². The van der Waals surface area contributed by atoms with E-state index < -0.39 is 13.5 Å². The fourth-order valence-corrected chi connectivity index (χ4v) is 3.21. The highest BCUT2D eigenvalue weighted by Crippen LogP contribution is 2.42. The molecule has 0 fully saturated rings. The average molecular weight is 330 g/mol. The first-order valence-electron chi connectivity index (χ1n) is 6.58. The Labute approximate surface area is 135 Å². The minimum absolute atomic E-state index is 0. The van der Waals surface area contributed by atoms with Gasteiger partial charge < -0.3 is 9.26 Å². The summed E-state index contributed by atoms with van der Waals surface area (Å²) in [6, 6.07) is 7.29. The molecule has 0 aliphatic rings. The van der Waals surface area contributed by atoms with E-state index in [0.717, 1.165) is 5.75 Å². The summed E-state index contributed by atoms with van der Waals surface area (Å²) in [7, 11) is -0.559. The van der Waals surface area contributed by atoms with E-state index in [4.69, 9.17) is 9.26 Å². The van der Waals surface area contributed by atoms with E-state index in [-0.39, 0.29) is 20.8 Å². The number of esters is 1. The molecule has 0 radical (unpaired) electrons. The first-order chi connectivity index (χ1) is 9.40. The number of rotatable bonds is 6. The van der Waals surface area contributed by atoms with Crippen LogP contribution in [0.25, 0.3) is 0 Å². The summed E-state index contributed by atoms with van der Waals surface area (Å²) in [5, 5.41) is 3.14. The van der Waals surface area contributed by atoms with Gasteiger partial charge in [0.15, 0.2) is 7.43 Å². The first-order valence-corrected chi connectivity index (χ1v) is 8.69. The van der Waals surface area contributed by atoms with E-state index in [9.17, 15) is 4.79 Å². The van der Waals surface area contributed by atoms with Crippen LogP contribution in [-0.4, -0.2) is 32.3 Å². The molecule has 128 valence electrons. The Kier molecular flexibility index (Phi) is 10.9. The summed E-state index contributed by atoms with van der Waals surface area (Å²) >= 11 is 0. The Morgan fingerprint density at radius 2 is 1.86 bits per heavy atom. The van der Waals surface area contributed by atoms with Gasteiger partial charge in [-0.15, -0.1) is 0 Å². The monoisotopic (exact) mass is 330 g/mol. The molecule has 0 aromatic heterocycles. The summed E-state index contributed by atoms with van der Waals surface area (Å²) in [4.78, 5) is 11.7. The minimum atomic E-state index is -2.25.